The maximum Gasteiger partial charge on any atom is 0.236 e. The first-order valence-electron chi connectivity index (χ1n) is 21.1. The van der Waals surface area contributed by atoms with Crippen molar-refractivity contribution < 1.29 is 53.4 Å². The Morgan fingerprint density at radius 3 is 1.90 bits per heavy atom. The molecule has 13 nitrogen and oxygen atoms in total. The molecule has 6 heterocycles. The number of phenols is 2. The van der Waals surface area contributed by atoms with Crippen molar-refractivity contribution in [2.75, 3.05) is 40.0 Å². The number of fused-ring (bicyclic) bond motifs is 10. The van der Waals surface area contributed by atoms with Gasteiger partial charge in [-0.05, 0) is 85.3 Å². The molecule has 10 unspecified atom stereocenters. The number of aryl methyl sites for hydroxylation is 4. The number of nitrogens with zero attached hydrogens (tertiary/aromatic N) is 2. The number of methoxy groups -OCH3 is 1. The molecular weight excluding hydrogens is 769 g/mol. The van der Waals surface area contributed by atoms with Crippen LogP contribution in [0.2, 0.25) is 0 Å². The van der Waals surface area contributed by atoms with E-state index >= 15 is 0 Å². The molecule has 13 heteroatoms. The minimum absolute atomic E-state index is 0.00807. The summed E-state index contributed by atoms with van der Waals surface area (Å²) >= 11 is 0. The lowest BCUT2D eigenvalue weighted by Gasteiger charge is -2.38. The number of rotatable bonds is 16. The predicted molar refractivity (Wildman–Crippen MR) is 219 cm³/mol. The Hall–Kier alpha value is -4.40. The van der Waals surface area contributed by atoms with Crippen molar-refractivity contribution in [2.45, 2.75) is 96.7 Å². The third-order valence-electron chi connectivity index (χ3n) is 14.0. The van der Waals surface area contributed by atoms with Crippen LogP contribution in [0, 0.1) is 62.7 Å². The van der Waals surface area contributed by atoms with Crippen molar-refractivity contribution in [3.8, 4) is 11.5 Å². The van der Waals surface area contributed by atoms with Gasteiger partial charge in [0.1, 0.15) is 28.8 Å². The second-order valence-electron chi connectivity index (χ2n) is 19.1. The van der Waals surface area contributed by atoms with Crippen LogP contribution in [0.3, 0.4) is 0 Å². The molecular formula is C47H58N2O11. The summed E-state index contributed by atoms with van der Waals surface area (Å²) in [7, 11) is 1.49. The van der Waals surface area contributed by atoms with E-state index in [4.69, 9.17) is 18.9 Å². The average molecular weight is 827 g/mol. The van der Waals surface area contributed by atoms with E-state index in [1.807, 2.05) is 83.2 Å². The van der Waals surface area contributed by atoms with Gasteiger partial charge >= 0.3 is 0 Å². The molecule has 6 aliphatic heterocycles. The van der Waals surface area contributed by atoms with Crippen LogP contribution in [-0.4, -0.2) is 118 Å². The number of carbonyl (C=O) groups excluding carboxylic acids is 4. The summed E-state index contributed by atoms with van der Waals surface area (Å²) < 4.78 is 23.7. The fourth-order valence-electron chi connectivity index (χ4n) is 11.4. The lowest BCUT2D eigenvalue weighted by molar-refractivity contribution is -0.148. The van der Waals surface area contributed by atoms with E-state index in [1.54, 1.807) is 0 Å². The topological polar surface area (TPSA) is 172 Å². The Morgan fingerprint density at radius 1 is 0.767 bits per heavy atom. The predicted octanol–water partition coefficient (Wildman–Crippen LogP) is 4.55. The average Bonchev–Trinajstić information content (AvgIpc) is 4.02. The number of likely N-dealkylation sites (tertiary alicyclic amines) is 2. The monoisotopic (exact) mass is 826 g/mol. The molecule has 4 saturated heterocycles. The summed E-state index contributed by atoms with van der Waals surface area (Å²) in [6.45, 7) is 14.1. The van der Waals surface area contributed by atoms with E-state index in [2.05, 4.69) is 13.8 Å². The fourth-order valence-corrected chi connectivity index (χ4v) is 11.4. The van der Waals surface area contributed by atoms with Gasteiger partial charge in [-0.1, -0.05) is 69.3 Å². The molecule has 0 saturated carbocycles. The largest absolute Gasteiger partial charge is 0.507 e. The summed E-state index contributed by atoms with van der Waals surface area (Å²) in [4.78, 5) is 59.4. The number of hydrogen-bond donors (Lipinski definition) is 3. The first-order valence-corrected chi connectivity index (χ1v) is 21.1. The third-order valence-corrected chi connectivity index (χ3v) is 14.0. The minimum atomic E-state index is -1.19. The van der Waals surface area contributed by atoms with Crippen molar-refractivity contribution in [2.24, 2.45) is 35.0 Å². The Balaban J connectivity index is 0.960. The number of aromatic hydroxyl groups is 2. The van der Waals surface area contributed by atoms with Crippen LogP contribution in [0.4, 0.5) is 0 Å². The standard InChI is InChI=1S/C47H58N2O11/c1-24(19-45(6,7)13-14-48-41(53)34-32-9-11-46(59-32,37(34)43(48)55)23-58-22-31(50)21-57-8)20-49-42(54)35-33-10-12-47(60-33,38(35)44(49)56)36(29-15-25(2)39(51)26(3)16-29)30-17-27(4)40(52)28(5)18-30/h9-12,15-18,24,31-38,50-52H,13-14,19-23H2,1-8H3. The molecule has 0 radical (unpaired) electrons. The van der Waals surface area contributed by atoms with Gasteiger partial charge in [-0.25, -0.2) is 0 Å². The first-order chi connectivity index (χ1) is 28.3. The van der Waals surface area contributed by atoms with Gasteiger partial charge in [-0.15, -0.1) is 0 Å². The maximum atomic E-state index is 14.7. The summed E-state index contributed by atoms with van der Waals surface area (Å²) in [5.41, 5.74) is 1.80. The highest BCUT2D eigenvalue weighted by Crippen LogP contribution is 2.60. The Bertz CT molecular complexity index is 2080. The second-order valence-corrected chi connectivity index (χ2v) is 19.1. The van der Waals surface area contributed by atoms with Crippen LogP contribution in [0.25, 0.3) is 0 Å². The van der Waals surface area contributed by atoms with Gasteiger partial charge in [0.15, 0.2) is 0 Å². The number of carbonyl (C=O) groups is 4. The highest BCUT2D eigenvalue weighted by atomic mass is 16.6. The Labute approximate surface area is 351 Å². The van der Waals surface area contributed by atoms with Crippen LogP contribution in [0.5, 0.6) is 11.5 Å². The Morgan fingerprint density at radius 2 is 1.30 bits per heavy atom. The van der Waals surface area contributed by atoms with E-state index < -0.39 is 59.1 Å². The van der Waals surface area contributed by atoms with Gasteiger partial charge in [-0.2, -0.15) is 0 Å². The van der Waals surface area contributed by atoms with Crippen molar-refractivity contribution in [3.63, 3.8) is 0 Å². The molecule has 322 valence electrons. The van der Waals surface area contributed by atoms with Crippen molar-refractivity contribution in [1.29, 1.82) is 0 Å². The van der Waals surface area contributed by atoms with Crippen molar-refractivity contribution in [1.82, 2.24) is 9.80 Å². The lowest BCUT2D eigenvalue weighted by atomic mass is 9.66. The number of aliphatic hydroxyl groups excluding tert-OH is 1. The normalized spacial score (nSPS) is 31.1. The molecule has 4 amide bonds. The Kier molecular flexibility index (Phi) is 10.7. The van der Waals surface area contributed by atoms with E-state index in [0.717, 1.165) is 11.1 Å². The summed E-state index contributed by atoms with van der Waals surface area (Å²) in [5.74, 6) is -4.08. The minimum Gasteiger partial charge on any atom is -0.507 e. The van der Waals surface area contributed by atoms with Gasteiger partial charge in [-0.3, -0.25) is 29.0 Å². The first kappa shape index (κ1) is 42.3. The zero-order chi connectivity index (χ0) is 43.2. The van der Waals surface area contributed by atoms with Crippen LogP contribution in [0.1, 0.15) is 72.9 Å². The van der Waals surface area contributed by atoms with Gasteiger partial charge in [0.25, 0.3) is 0 Å². The summed E-state index contributed by atoms with van der Waals surface area (Å²) in [6.07, 6.45) is 6.72. The quantitative estimate of drug-likeness (QED) is 0.160. The zero-order valence-electron chi connectivity index (χ0n) is 35.8. The molecule has 2 aromatic rings. The number of phenolic OH excluding ortho intramolecular Hbond substituents is 2. The van der Waals surface area contributed by atoms with Crippen LogP contribution in [0.15, 0.2) is 48.6 Å². The van der Waals surface area contributed by atoms with Gasteiger partial charge in [0, 0.05) is 26.1 Å². The molecule has 60 heavy (non-hydrogen) atoms. The summed E-state index contributed by atoms with van der Waals surface area (Å²) in [6, 6.07) is 7.65. The maximum absolute atomic E-state index is 14.7. The van der Waals surface area contributed by atoms with Crippen LogP contribution >= 0.6 is 0 Å². The van der Waals surface area contributed by atoms with Crippen LogP contribution in [-0.2, 0) is 38.1 Å². The number of ether oxygens (including phenoxy) is 4. The van der Waals surface area contributed by atoms with E-state index in [0.29, 0.717) is 35.1 Å². The molecule has 0 aliphatic carbocycles. The molecule has 8 rings (SSSR count). The molecule has 4 fully saturated rings. The number of aliphatic hydroxyl groups is 1. The van der Waals surface area contributed by atoms with Gasteiger partial charge < -0.3 is 34.3 Å². The molecule has 4 bridgehead atoms. The molecule has 0 aromatic heterocycles. The lowest BCUT2D eigenvalue weighted by Crippen LogP contribution is -2.46. The highest BCUT2D eigenvalue weighted by Gasteiger charge is 2.70. The summed E-state index contributed by atoms with van der Waals surface area (Å²) in [5, 5.41) is 31.5. The van der Waals surface area contributed by atoms with E-state index in [-0.39, 0.29) is 79.4 Å². The second kappa shape index (κ2) is 15.2. The molecule has 3 N–H and O–H groups in total. The van der Waals surface area contributed by atoms with E-state index in [1.165, 1.54) is 16.9 Å². The van der Waals surface area contributed by atoms with Gasteiger partial charge in [0.2, 0.25) is 23.6 Å². The third kappa shape index (κ3) is 6.72. The molecule has 6 aliphatic rings. The van der Waals surface area contributed by atoms with Crippen molar-refractivity contribution >= 4 is 23.6 Å². The highest BCUT2D eigenvalue weighted by molar-refractivity contribution is 6.08. The number of benzene rings is 2. The number of amides is 4. The van der Waals surface area contributed by atoms with Crippen LogP contribution < -0.4 is 0 Å². The zero-order valence-corrected chi connectivity index (χ0v) is 35.8. The molecule has 10 atom stereocenters. The molecule has 0 spiro atoms. The number of imide groups is 2. The molecule has 2 aromatic carbocycles. The van der Waals surface area contributed by atoms with E-state index in [9.17, 15) is 34.5 Å². The fraction of sp³-hybridized carbons (Fsp3) is 0.574. The van der Waals surface area contributed by atoms with Gasteiger partial charge in [0.05, 0.1) is 55.7 Å². The SMILES string of the molecule is COCC(O)COCC12C=CC(O1)C1C(=O)N(CCC(C)(C)CC(C)CN3C(=O)C4C5C=CC(C(c6cc(C)c(O)c(C)c6)c6cc(C)c(O)c(C)c6)(O5)C4C3=O)C(=O)C12. The van der Waals surface area contributed by atoms with Crippen molar-refractivity contribution in [3.05, 3.63) is 82.0 Å². The number of hydrogen-bond acceptors (Lipinski definition) is 11. The smallest absolute Gasteiger partial charge is 0.236 e.